The van der Waals surface area contributed by atoms with Gasteiger partial charge in [-0.1, -0.05) is 30.8 Å². The smallest absolute Gasteiger partial charge is 0.151 e. The van der Waals surface area contributed by atoms with Crippen LogP contribution in [0.15, 0.2) is 33.1 Å². The van der Waals surface area contributed by atoms with Crippen molar-refractivity contribution in [3.63, 3.8) is 0 Å². The lowest BCUT2D eigenvalue weighted by Gasteiger charge is -2.00. The molecule has 0 aliphatic carbocycles. The largest absolute Gasteiger partial charge is 0.270 e. The Morgan fingerprint density at radius 1 is 1.35 bits per heavy atom. The van der Waals surface area contributed by atoms with Gasteiger partial charge in [-0.05, 0) is 34.5 Å². The van der Waals surface area contributed by atoms with E-state index in [2.05, 4.69) is 51.1 Å². The third kappa shape index (κ3) is 2.64. The molecule has 0 spiro atoms. The number of thiazole rings is 1. The first-order valence-corrected chi connectivity index (χ1v) is 8.97. The molecular weight excluding hydrogens is 354 g/mol. The van der Waals surface area contributed by atoms with E-state index in [1.165, 1.54) is 10.4 Å². The Balaban J connectivity index is 1.81. The van der Waals surface area contributed by atoms with E-state index in [0.717, 1.165) is 32.2 Å². The number of aromatic nitrogens is 3. The first kappa shape index (κ1) is 14.1. The summed E-state index contributed by atoms with van der Waals surface area (Å²) >= 11 is 7.17. The molecule has 0 aliphatic rings. The maximum absolute atomic E-state index is 4.65. The van der Waals surface area contributed by atoms with Crippen LogP contribution in [0.3, 0.4) is 0 Å². The zero-order valence-corrected chi connectivity index (χ0v) is 14.5. The lowest BCUT2D eigenvalue weighted by atomic mass is 10.3. The van der Waals surface area contributed by atoms with Crippen LogP contribution in [0.25, 0.3) is 10.2 Å². The Morgan fingerprint density at radius 3 is 2.85 bits per heavy atom. The fourth-order valence-corrected chi connectivity index (χ4v) is 5.09. The molecule has 20 heavy (non-hydrogen) atoms. The highest BCUT2D eigenvalue weighted by Gasteiger charge is 2.13. The Morgan fingerprint density at radius 2 is 2.15 bits per heavy atom. The highest BCUT2D eigenvalue weighted by molar-refractivity contribution is 9.10. The SMILES string of the molecule is CCc1nn(C)c(CSc2nc3ccccc3s2)c1Br. The molecular formula is C14H14BrN3S2. The molecule has 3 aromatic rings. The zero-order chi connectivity index (χ0) is 14.1. The first-order chi connectivity index (χ1) is 9.69. The second kappa shape index (κ2) is 5.87. The summed E-state index contributed by atoms with van der Waals surface area (Å²) in [6.45, 7) is 2.12. The van der Waals surface area contributed by atoms with Gasteiger partial charge in [0.15, 0.2) is 4.34 Å². The Bertz CT molecular complexity index is 715. The van der Waals surface area contributed by atoms with Gasteiger partial charge in [0.25, 0.3) is 0 Å². The van der Waals surface area contributed by atoms with Gasteiger partial charge in [-0.3, -0.25) is 4.68 Å². The number of hydrogen-bond acceptors (Lipinski definition) is 4. The fourth-order valence-electron chi connectivity index (χ4n) is 2.02. The molecule has 0 atom stereocenters. The number of thioether (sulfide) groups is 1. The van der Waals surface area contributed by atoms with Crippen LogP contribution in [-0.2, 0) is 19.2 Å². The maximum atomic E-state index is 4.65. The number of rotatable bonds is 4. The van der Waals surface area contributed by atoms with Crippen molar-refractivity contribution in [3.05, 3.63) is 40.1 Å². The van der Waals surface area contributed by atoms with E-state index in [4.69, 9.17) is 0 Å². The third-order valence-corrected chi connectivity index (χ3v) is 6.22. The van der Waals surface area contributed by atoms with Crippen LogP contribution in [0.4, 0.5) is 0 Å². The van der Waals surface area contributed by atoms with E-state index < -0.39 is 0 Å². The number of halogens is 1. The van der Waals surface area contributed by atoms with E-state index in [1.54, 1.807) is 23.1 Å². The monoisotopic (exact) mass is 367 g/mol. The van der Waals surface area contributed by atoms with E-state index in [1.807, 2.05) is 17.8 Å². The van der Waals surface area contributed by atoms with Crippen molar-refractivity contribution >= 4 is 49.2 Å². The summed E-state index contributed by atoms with van der Waals surface area (Å²) in [4.78, 5) is 4.65. The molecule has 0 saturated carbocycles. The number of nitrogens with zero attached hydrogens (tertiary/aromatic N) is 3. The average molecular weight is 368 g/mol. The number of para-hydroxylation sites is 1. The molecule has 3 rings (SSSR count). The van der Waals surface area contributed by atoms with Crippen LogP contribution in [-0.4, -0.2) is 14.8 Å². The minimum Gasteiger partial charge on any atom is -0.270 e. The maximum Gasteiger partial charge on any atom is 0.151 e. The lowest BCUT2D eigenvalue weighted by Crippen LogP contribution is -1.96. The van der Waals surface area contributed by atoms with Gasteiger partial charge in [-0.15, -0.1) is 11.3 Å². The van der Waals surface area contributed by atoms with Crippen molar-refractivity contribution in [2.24, 2.45) is 7.05 Å². The first-order valence-electron chi connectivity index (χ1n) is 6.37. The fraction of sp³-hybridized carbons (Fsp3) is 0.286. The summed E-state index contributed by atoms with van der Waals surface area (Å²) in [5, 5.41) is 4.52. The minimum atomic E-state index is 0.879. The molecule has 0 radical (unpaired) electrons. The number of aryl methyl sites for hydroxylation is 2. The molecule has 0 saturated heterocycles. The van der Waals surface area contributed by atoms with Crippen LogP contribution in [0.5, 0.6) is 0 Å². The zero-order valence-electron chi connectivity index (χ0n) is 11.3. The van der Waals surface area contributed by atoms with Gasteiger partial charge in [-0.2, -0.15) is 5.10 Å². The van der Waals surface area contributed by atoms with Crippen molar-refractivity contribution < 1.29 is 0 Å². The Hall–Kier alpha value is -0.850. The Labute approximate surface area is 134 Å². The van der Waals surface area contributed by atoms with Crippen molar-refractivity contribution in [2.75, 3.05) is 0 Å². The molecule has 2 aromatic heterocycles. The van der Waals surface area contributed by atoms with Crippen molar-refractivity contribution in [1.29, 1.82) is 0 Å². The van der Waals surface area contributed by atoms with Crippen LogP contribution in [0.1, 0.15) is 18.3 Å². The minimum absolute atomic E-state index is 0.879. The highest BCUT2D eigenvalue weighted by Crippen LogP contribution is 2.33. The number of benzene rings is 1. The predicted molar refractivity (Wildman–Crippen MR) is 89.5 cm³/mol. The van der Waals surface area contributed by atoms with Gasteiger partial charge in [0.2, 0.25) is 0 Å². The second-order valence-electron chi connectivity index (χ2n) is 4.42. The lowest BCUT2D eigenvalue weighted by molar-refractivity contribution is 0.719. The standard InChI is InChI=1S/C14H14BrN3S2/c1-3-9-13(15)11(18(2)17-9)8-19-14-16-10-6-4-5-7-12(10)20-14/h4-7H,3,8H2,1-2H3. The Kier molecular flexibility index (Phi) is 4.14. The molecule has 2 heterocycles. The molecule has 104 valence electrons. The average Bonchev–Trinajstić information content (AvgIpc) is 2.98. The van der Waals surface area contributed by atoms with Gasteiger partial charge in [0.05, 0.1) is 26.1 Å². The van der Waals surface area contributed by atoms with Gasteiger partial charge >= 0.3 is 0 Å². The quantitative estimate of drug-likeness (QED) is 0.628. The van der Waals surface area contributed by atoms with Crippen LogP contribution >= 0.6 is 39.0 Å². The van der Waals surface area contributed by atoms with Gasteiger partial charge in [0.1, 0.15) is 0 Å². The molecule has 0 N–H and O–H groups in total. The summed E-state index contributed by atoms with van der Waals surface area (Å²) in [5.41, 5.74) is 3.41. The van der Waals surface area contributed by atoms with Gasteiger partial charge in [-0.25, -0.2) is 4.98 Å². The highest BCUT2D eigenvalue weighted by atomic mass is 79.9. The van der Waals surface area contributed by atoms with E-state index in [0.29, 0.717) is 0 Å². The summed E-state index contributed by atoms with van der Waals surface area (Å²) in [6, 6.07) is 8.26. The topological polar surface area (TPSA) is 30.7 Å². The van der Waals surface area contributed by atoms with Crippen molar-refractivity contribution in [2.45, 2.75) is 23.4 Å². The molecule has 0 bridgehead atoms. The molecule has 1 aromatic carbocycles. The number of hydrogen-bond donors (Lipinski definition) is 0. The summed E-state index contributed by atoms with van der Waals surface area (Å²) in [6.07, 6.45) is 0.945. The molecule has 6 heteroatoms. The molecule has 0 unspecified atom stereocenters. The van der Waals surface area contributed by atoms with Gasteiger partial charge < -0.3 is 0 Å². The summed E-state index contributed by atoms with van der Waals surface area (Å²) in [7, 11) is 2.00. The molecule has 0 amide bonds. The molecule has 0 aliphatic heterocycles. The van der Waals surface area contributed by atoms with E-state index in [-0.39, 0.29) is 0 Å². The van der Waals surface area contributed by atoms with Gasteiger partial charge in [0, 0.05) is 12.8 Å². The molecule has 0 fully saturated rings. The van der Waals surface area contributed by atoms with E-state index in [9.17, 15) is 0 Å². The van der Waals surface area contributed by atoms with Crippen LogP contribution in [0, 0.1) is 0 Å². The van der Waals surface area contributed by atoms with Crippen LogP contribution in [0.2, 0.25) is 0 Å². The third-order valence-electron chi connectivity index (χ3n) is 3.11. The normalized spacial score (nSPS) is 11.3. The van der Waals surface area contributed by atoms with Crippen LogP contribution < -0.4 is 0 Å². The summed E-state index contributed by atoms with van der Waals surface area (Å²) in [5.74, 6) is 0.879. The van der Waals surface area contributed by atoms with Crippen molar-refractivity contribution in [3.8, 4) is 0 Å². The molecule has 3 nitrogen and oxygen atoms in total. The second-order valence-corrected chi connectivity index (χ2v) is 7.47. The van der Waals surface area contributed by atoms with E-state index >= 15 is 0 Å². The van der Waals surface area contributed by atoms with Crippen molar-refractivity contribution in [1.82, 2.24) is 14.8 Å². The summed E-state index contributed by atoms with van der Waals surface area (Å²) < 4.78 is 5.45. The number of fused-ring (bicyclic) bond motifs is 1. The predicted octanol–water partition coefficient (Wildman–Crippen LogP) is 4.65.